The topological polar surface area (TPSA) is 41.6 Å². The molecule has 1 aliphatic heterocycles. The summed E-state index contributed by atoms with van der Waals surface area (Å²) in [6, 6.07) is 2.05. The second-order valence-corrected chi connectivity index (χ2v) is 6.30. The number of rotatable bonds is 7. The Morgan fingerprint density at radius 2 is 2.35 bits per heavy atom. The first-order valence-electron chi connectivity index (χ1n) is 7.25. The Labute approximate surface area is 125 Å². The minimum Gasteiger partial charge on any atom is -0.384 e. The Morgan fingerprint density at radius 1 is 1.55 bits per heavy atom. The highest BCUT2D eigenvalue weighted by Crippen LogP contribution is 2.29. The van der Waals surface area contributed by atoms with Crippen molar-refractivity contribution in [3.05, 3.63) is 22.4 Å². The van der Waals surface area contributed by atoms with Gasteiger partial charge in [0.1, 0.15) is 6.17 Å². The summed E-state index contributed by atoms with van der Waals surface area (Å²) < 4.78 is 5.19. The predicted molar refractivity (Wildman–Crippen MR) is 81.6 cm³/mol. The lowest BCUT2D eigenvalue weighted by Crippen LogP contribution is -2.35. The molecule has 2 rings (SSSR count). The van der Waals surface area contributed by atoms with E-state index in [1.54, 1.807) is 18.4 Å². The van der Waals surface area contributed by atoms with Crippen LogP contribution in [0.25, 0.3) is 0 Å². The van der Waals surface area contributed by atoms with Gasteiger partial charge in [-0.1, -0.05) is 20.3 Å². The highest BCUT2D eigenvalue weighted by Gasteiger charge is 2.39. The Morgan fingerprint density at radius 3 is 2.95 bits per heavy atom. The first-order chi connectivity index (χ1) is 9.67. The molecule has 1 aromatic rings. The number of hydrogen-bond donors (Lipinski definition) is 1. The van der Waals surface area contributed by atoms with E-state index >= 15 is 0 Å². The number of ether oxygens (including phenoxy) is 1. The fourth-order valence-electron chi connectivity index (χ4n) is 2.75. The van der Waals surface area contributed by atoms with Crippen molar-refractivity contribution in [2.45, 2.75) is 38.9 Å². The maximum atomic E-state index is 12.6. The molecule has 1 fully saturated rings. The predicted octanol–water partition coefficient (Wildman–Crippen LogP) is 2.63. The minimum absolute atomic E-state index is 0.0182. The van der Waals surface area contributed by atoms with Gasteiger partial charge in [0.25, 0.3) is 0 Å². The van der Waals surface area contributed by atoms with Gasteiger partial charge in [-0.2, -0.15) is 11.3 Å². The van der Waals surface area contributed by atoms with Gasteiger partial charge in [-0.15, -0.1) is 0 Å². The van der Waals surface area contributed by atoms with Crippen molar-refractivity contribution in [2.24, 2.45) is 5.92 Å². The number of carbonyl (C=O) groups excluding carboxylic acids is 1. The molecule has 0 saturated carbocycles. The molecule has 5 heteroatoms. The van der Waals surface area contributed by atoms with E-state index in [2.05, 4.69) is 36.0 Å². The van der Waals surface area contributed by atoms with Crippen LogP contribution in [0.2, 0.25) is 0 Å². The second-order valence-electron chi connectivity index (χ2n) is 5.52. The second kappa shape index (κ2) is 7.20. The first kappa shape index (κ1) is 15.5. The Kier molecular flexibility index (Phi) is 5.57. The van der Waals surface area contributed by atoms with E-state index in [1.807, 2.05) is 4.90 Å². The molecule has 0 spiro atoms. The lowest BCUT2D eigenvalue weighted by atomic mass is 10.1. The Balaban J connectivity index is 2.12. The van der Waals surface area contributed by atoms with Crippen molar-refractivity contribution in [3.8, 4) is 0 Å². The Hall–Kier alpha value is -0.910. The third kappa shape index (κ3) is 3.40. The van der Waals surface area contributed by atoms with Gasteiger partial charge in [0.2, 0.25) is 5.91 Å². The zero-order chi connectivity index (χ0) is 14.5. The zero-order valence-electron chi connectivity index (χ0n) is 12.5. The number of thiophene rings is 1. The normalized spacial score (nSPS) is 24.4. The van der Waals surface area contributed by atoms with Crippen molar-refractivity contribution in [1.29, 1.82) is 0 Å². The molecule has 0 aliphatic carbocycles. The maximum Gasteiger partial charge on any atom is 0.241 e. The average Bonchev–Trinajstić information content (AvgIpc) is 3.02. The van der Waals surface area contributed by atoms with Crippen molar-refractivity contribution in [2.75, 3.05) is 20.3 Å². The molecule has 1 aliphatic rings. The summed E-state index contributed by atoms with van der Waals surface area (Å²) in [5, 5.41) is 7.66. The van der Waals surface area contributed by atoms with Crippen LogP contribution in [0.5, 0.6) is 0 Å². The summed E-state index contributed by atoms with van der Waals surface area (Å²) >= 11 is 1.67. The van der Waals surface area contributed by atoms with Crippen LogP contribution in [0.4, 0.5) is 0 Å². The lowest BCUT2D eigenvalue weighted by Gasteiger charge is -2.26. The smallest absolute Gasteiger partial charge is 0.241 e. The number of nitrogens with zero attached hydrogens (tertiary/aromatic N) is 1. The molecular weight excluding hydrogens is 272 g/mol. The van der Waals surface area contributed by atoms with Gasteiger partial charge < -0.3 is 9.64 Å². The van der Waals surface area contributed by atoms with E-state index in [0.29, 0.717) is 12.5 Å². The van der Waals surface area contributed by atoms with Crippen molar-refractivity contribution in [1.82, 2.24) is 10.2 Å². The molecule has 3 atom stereocenters. The van der Waals surface area contributed by atoms with Crippen molar-refractivity contribution >= 4 is 17.2 Å². The van der Waals surface area contributed by atoms with Gasteiger partial charge in [0.05, 0.1) is 12.6 Å². The van der Waals surface area contributed by atoms with Crippen molar-refractivity contribution in [3.63, 3.8) is 0 Å². The van der Waals surface area contributed by atoms with Gasteiger partial charge >= 0.3 is 0 Å². The molecule has 4 nitrogen and oxygen atoms in total. The van der Waals surface area contributed by atoms with Crippen molar-refractivity contribution < 1.29 is 9.53 Å². The first-order valence-corrected chi connectivity index (χ1v) is 8.19. The van der Waals surface area contributed by atoms with E-state index in [4.69, 9.17) is 4.74 Å². The highest BCUT2D eigenvalue weighted by molar-refractivity contribution is 7.07. The molecule has 0 radical (unpaired) electrons. The summed E-state index contributed by atoms with van der Waals surface area (Å²) in [4.78, 5) is 14.5. The summed E-state index contributed by atoms with van der Waals surface area (Å²) in [5.41, 5.74) is 1.19. The fourth-order valence-corrected chi connectivity index (χ4v) is 3.43. The molecule has 1 aromatic heterocycles. The van der Waals surface area contributed by atoms with Gasteiger partial charge in [-0.3, -0.25) is 10.1 Å². The van der Waals surface area contributed by atoms with Gasteiger partial charge in [-0.05, 0) is 34.7 Å². The third-order valence-corrected chi connectivity index (χ3v) is 4.35. The van der Waals surface area contributed by atoms with E-state index < -0.39 is 0 Å². The highest BCUT2D eigenvalue weighted by atomic mass is 32.1. The van der Waals surface area contributed by atoms with E-state index in [0.717, 1.165) is 19.4 Å². The molecule has 0 bridgehead atoms. The zero-order valence-corrected chi connectivity index (χ0v) is 13.3. The van der Waals surface area contributed by atoms with Crippen LogP contribution in [0.15, 0.2) is 16.8 Å². The van der Waals surface area contributed by atoms with Crippen LogP contribution in [-0.4, -0.2) is 37.1 Å². The summed E-state index contributed by atoms with van der Waals surface area (Å²) in [7, 11) is 1.71. The minimum atomic E-state index is -0.0420. The largest absolute Gasteiger partial charge is 0.384 e. The molecule has 0 aromatic carbocycles. The van der Waals surface area contributed by atoms with Crippen LogP contribution in [0.1, 0.15) is 38.4 Å². The van der Waals surface area contributed by atoms with Gasteiger partial charge in [0, 0.05) is 13.7 Å². The summed E-state index contributed by atoms with van der Waals surface area (Å²) in [5.74, 6) is 0.568. The fraction of sp³-hybridized carbons (Fsp3) is 0.667. The number of nitrogens with one attached hydrogen (secondary N) is 1. The van der Waals surface area contributed by atoms with Crippen LogP contribution < -0.4 is 5.32 Å². The number of methoxy groups -OCH3 is 1. The monoisotopic (exact) mass is 296 g/mol. The molecule has 20 heavy (non-hydrogen) atoms. The molecule has 112 valence electrons. The van der Waals surface area contributed by atoms with Crippen LogP contribution >= 0.6 is 11.3 Å². The quantitative estimate of drug-likeness (QED) is 0.841. The molecule has 3 unspecified atom stereocenters. The van der Waals surface area contributed by atoms with Crippen LogP contribution in [-0.2, 0) is 9.53 Å². The summed E-state index contributed by atoms with van der Waals surface area (Å²) in [6.07, 6.45) is 1.93. The van der Waals surface area contributed by atoms with Crippen LogP contribution in [0.3, 0.4) is 0 Å². The van der Waals surface area contributed by atoms with E-state index in [-0.39, 0.29) is 18.1 Å². The molecule has 1 N–H and O–H groups in total. The maximum absolute atomic E-state index is 12.6. The van der Waals surface area contributed by atoms with E-state index in [1.165, 1.54) is 5.56 Å². The number of carbonyl (C=O) groups is 1. The Bertz CT molecular complexity index is 422. The molecular formula is C15H24N2O2S. The lowest BCUT2D eigenvalue weighted by molar-refractivity contribution is -0.131. The molecule has 2 heterocycles. The standard InChI is InChI=1S/C15H24N2O2S/c1-4-5-13-15(18)17(8-11(2)9-19-3)14(16-13)12-6-7-20-10-12/h6-7,10-11,13-14,16H,4-5,8-9H2,1-3H3. The number of amides is 1. The molecule has 1 saturated heterocycles. The summed E-state index contributed by atoms with van der Waals surface area (Å²) in [6.45, 7) is 5.65. The van der Waals surface area contributed by atoms with E-state index in [9.17, 15) is 4.79 Å². The third-order valence-electron chi connectivity index (χ3n) is 3.65. The van der Waals surface area contributed by atoms with Gasteiger partial charge in [0.15, 0.2) is 0 Å². The molecule has 1 amide bonds. The average molecular weight is 296 g/mol. The number of hydrogen-bond acceptors (Lipinski definition) is 4. The SMILES string of the molecule is CCCC1NC(c2ccsc2)N(CC(C)COC)C1=O. The van der Waals surface area contributed by atoms with Gasteiger partial charge in [-0.25, -0.2) is 0 Å². The van der Waals surface area contributed by atoms with Crippen LogP contribution in [0, 0.1) is 5.92 Å².